The van der Waals surface area contributed by atoms with Gasteiger partial charge in [0.15, 0.2) is 0 Å². The highest BCUT2D eigenvalue weighted by molar-refractivity contribution is 5.81. The Balaban J connectivity index is 1.59. The molecule has 1 unspecified atom stereocenters. The average molecular weight is 322 g/mol. The van der Waals surface area contributed by atoms with E-state index < -0.39 is 0 Å². The van der Waals surface area contributed by atoms with Crippen molar-refractivity contribution in [3.05, 3.63) is 69.9 Å². The zero-order chi connectivity index (χ0) is 16.7. The number of nitrogens with zero attached hydrogens (tertiary/aromatic N) is 4. The summed E-state index contributed by atoms with van der Waals surface area (Å²) in [6.45, 7) is 0.653. The first-order chi connectivity index (χ1) is 11.6. The average Bonchev–Trinajstić information content (AvgIpc) is 3.18. The van der Waals surface area contributed by atoms with Crippen molar-refractivity contribution in [2.45, 2.75) is 25.6 Å². The minimum Gasteiger partial charge on any atom is -0.280 e. The van der Waals surface area contributed by atoms with Crippen LogP contribution in [0, 0.1) is 10.1 Å². The van der Waals surface area contributed by atoms with E-state index >= 15 is 0 Å². The molecule has 1 aliphatic carbocycles. The summed E-state index contributed by atoms with van der Waals surface area (Å²) < 4.78 is 1.90. The Morgan fingerprint density at radius 1 is 1.33 bits per heavy atom. The van der Waals surface area contributed by atoms with Crippen LogP contribution in [-0.2, 0) is 13.1 Å². The third-order valence-corrected chi connectivity index (χ3v) is 4.83. The summed E-state index contributed by atoms with van der Waals surface area (Å²) >= 11 is 0. The molecule has 24 heavy (non-hydrogen) atoms. The van der Waals surface area contributed by atoms with Gasteiger partial charge in [0.2, 0.25) is 0 Å². The molecular weight excluding hydrogens is 304 g/mol. The molecule has 3 aromatic rings. The lowest BCUT2D eigenvalue weighted by atomic mass is 10.1. The van der Waals surface area contributed by atoms with Gasteiger partial charge < -0.3 is 0 Å². The molecule has 2 aromatic carbocycles. The summed E-state index contributed by atoms with van der Waals surface area (Å²) in [5.41, 5.74) is 3.83. The summed E-state index contributed by atoms with van der Waals surface area (Å²) in [4.78, 5) is 12.8. The maximum absolute atomic E-state index is 10.9. The van der Waals surface area contributed by atoms with Crippen LogP contribution in [0.3, 0.4) is 0 Å². The number of fused-ring (bicyclic) bond motifs is 2. The molecule has 1 aromatic heterocycles. The van der Waals surface area contributed by atoms with Crippen molar-refractivity contribution in [3.8, 4) is 0 Å². The highest BCUT2D eigenvalue weighted by atomic mass is 16.6. The van der Waals surface area contributed by atoms with Crippen molar-refractivity contribution < 1.29 is 4.92 Å². The first-order valence-electron chi connectivity index (χ1n) is 8.01. The van der Waals surface area contributed by atoms with Crippen molar-refractivity contribution in [2.75, 3.05) is 7.05 Å². The van der Waals surface area contributed by atoms with Gasteiger partial charge in [0, 0.05) is 23.6 Å². The first-order valence-corrected chi connectivity index (χ1v) is 8.01. The highest BCUT2D eigenvalue weighted by Gasteiger charge is 2.25. The molecule has 6 heteroatoms. The summed E-state index contributed by atoms with van der Waals surface area (Å²) in [6.07, 6.45) is 3.91. The number of nitro benzene ring substituents is 1. The molecule has 0 saturated heterocycles. The van der Waals surface area contributed by atoms with Crippen molar-refractivity contribution in [3.63, 3.8) is 0 Å². The number of aryl methyl sites for hydroxylation is 1. The second kappa shape index (κ2) is 5.72. The van der Waals surface area contributed by atoms with Crippen LogP contribution in [0.25, 0.3) is 10.9 Å². The molecule has 1 aliphatic rings. The molecule has 6 nitrogen and oxygen atoms in total. The fraction of sp³-hybridized carbons (Fsp3) is 0.278. The molecule has 0 N–H and O–H groups in total. The van der Waals surface area contributed by atoms with Gasteiger partial charge in [0.1, 0.15) is 0 Å². The standard InChI is InChI=1S/C18H18N4O2/c1-20(18-8-6-13-4-2-3-5-16(13)18)12-21-17-9-7-15(22(23)24)10-14(17)11-19-21/h2-5,7,9-11,18H,6,8,12H2,1H3. The highest BCUT2D eigenvalue weighted by Crippen LogP contribution is 2.35. The predicted octanol–water partition coefficient (Wildman–Crippen LogP) is 3.52. The molecule has 0 spiro atoms. The molecular formula is C18H18N4O2. The maximum atomic E-state index is 10.9. The van der Waals surface area contributed by atoms with Gasteiger partial charge in [-0.25, -0.2) is 0 Å². The Morgan fingerprint density at radius 3 is 3.00 bits per heavy atom. The van der Waals surface area contributed by atoms with E-state index in [1.807, 2.05) is 4.68 Å². The number of hydrogen-bond acceptors (Lipinski definition) is 4. The van der Waals surface area contributed by atoms with Crippen LogP contribution in [0.15, 0.2) is 48.7 Å². The lowest BCUT2D eigenvalue weighted by molar-refractivity contribution is -0.384. The quantitative estimate of drug-likeness (QED) is 0.544. The Morgan fingerprint density at radius 2 is 2.17 bits per heavy atom. The summed E-state index contributed by atoms with van der Waals surface area (Å²) in [5.74, 6) is 0. The minimum absolute atomic E-state index is 0.0973. The van der Waals surface area contributed by atoms with Gasteiger partial charge in [-0.05, 0) is 37.1 Å². The summed E-state index contributed by atoms with van der Waals surface area (Å²) in [5, 5.41) is 16.1. The number of nitro groups is 1. The number of hydrogen-bond donors (Lipinski definition) is 0. The molecule has 0 radical (unpaired) electrons. The lowest BCUT2D eigenvalue weighted by Crippen LogP contribution is -2.26. The topological polar surface area (TPSA) is 64.2 Å². The van der Waals surface area contributed by atoms with Gasteiger partial charge >= 0.3 is 0 Å². The van der Waals surface area contributed by atoms with Gasteiger partial charge in [-0.3, -0.25) is 19.7 Å². The Bertz CT molecular complexity index is 918. The largest absolute Gasteiger partial charge is 0.280 e. The molecule has 1 atom stereocenters. The summed E-state index contributed by atoms with van der Waals surface area (Å²) in [7, 11) is 2.10. The van der Waals surface area contributed by atoms with Crippen molar-refractivity contribution in [1.82, 2.24) is 14.7 Å². The Kier molecular flexibility index (Phi) is 3.54. The van der Waals surface area contributed by atoms with E-state index in [1.165, 1.54) is 17.2 Å². The van der Waals surface area contributed by atoms with E-state index in [-0.39, 0.29) is 10.6 Å². The maximum Gasteiger partial charge on any atom is 0.270 e. The number of rotatable bonds is 4. The van der Waals surface area contributed by atoms with Crippen LogP contribution in [0.2, 0.25) is 0 Å². The molecule has 0 fully saturated rings. The fourth-order valence-corrected chi connectivity index (χ4v) is 3.60. The van der Waals surface area contributed by atoms with Crippen LogP contribution in [0.1, 0.15) is 23.6 Å². The SMILES string of the molecule is CN(Cn1ncc2cc([N+](=O)[O-])ccc21)C1CCc2ccccc21. The van der Waals surface area contributed by atoms with E-state index in [0.29, 0.717) is 12.7 Å². The van der Waals surface area contributed by atoms with Gasteiger partial charge in [0.05, 0.1) is 23.3 Å². The van der Waals surface area contributed by atoms with Crippen LogP contribution in [0.5, 0.6) is 0 Å². The molecule has 0 bridgehead atoms. The second-order valence-electron chi connectivity index (χ2n) is 6.30. The number of benzene rings is 2. The monoisotopic (exact) mass is 322 g/mol. The number of aromatic nitrogens is 2. The van der Waals surface area contributed by atoms with Crippen LogP contribution >= 0.6 is 0 Å². The van der Waals surface area contributed by atoms with E-state index in [2.05, 4.69) is 41.3 Å². The van der Waals surface area contributed by atoms with Gasteiger partial charge in [-0.15, -0.1) is 0 Å². The normalized spacial score (nSPS) is 16.7. The zero-order valence-corrected chi connectivity index (χ0v) is 13.4. The van der Waals surface area contributed by atoms with Crippen LogP contribution in [-0.4, -0.2) is 26.7 Å². The smallest absolute Gasteiger partial charge is 0.270 e. The second-order valence-corrected chi connectivity index (χ2v) is 6.30. The molecule has 4 rings (SSSR count). The fourth-order valence-electron chi connectivity index (χ4n) is 3.60. The van der Waals surface area contributed by atoms with Gasteiger partial charge in [-0.2, -0.15) is 5.10 Å². The zero-order valence-electron chi connectivity index (χ0n) is 13.4. The third-order valence-electron chi connectivity index (χ3n) is 4.83. The summed E-state index contributed by atoms with van der Waals surface area (Å²) in [6, 6.07) is 13.9. The van der Waals surface area contributed by atoms with Crippen LogP contribution < -0.4 is 0 Å². The predicted molar refractivity (Wildman–Crippen MR) is 91.7 cm³/mol. The van der Waals surface area contributed by atoms with Crippen molar-refractivity contribution in [1.29, 1.82) is 0 Å². The van der Waals surface area contributed by atoms with E-state index in [9.17, 15) is 10.1 Å². The molecule has 0 saturated carbocycles. The third kappa shape index (κ3) is 2.45. The van der Waals surface area contributed by atoms with Gasteiger partial charge in [-0.1, -0.05) is 24.3 Å². The van der Waals surface area contributed by atoms with Crippen LogP contribution in [0.4, 0.5) is 5.69 Å². The molecule has 1 heterocycles. The molecule has 0 aliphatic heterocycles. The Labute approximate surface area is 139 Å². The molecule has 0 amide bonds. The minimum atomic E-state index is -0.377. The molecule has 122 valence electrons. The van der Waals surface area contributed by atoms with E-state index in [0.717, 1.165) is 23.7 Å². The van der Waals surface area contributed by atoms with Crippen molar-refractivity contribution in [2.24, 2.45) is 0 Å². The first kappa shape index (κ1) is 14.8. The van der Waals surface area contributed by atoms with E-state index in [4.69, 9.17) is 0 Å². The van der Waals surface area contributed by atoms with E-state index in [1.54, 1.807) is 18.3 Å². The number of non-ortho nitro benzene ring substituents is 1. The van der Waals surface area contributed by atoms with Crippen molar-refractivity contribution >= 4 is 16.6 Å². The van der Waals surface area contributed by atoms with Gasteiger partial charge in [0.25, 0.3) is 5.69 Å². The lowest BCUT2D eigenvalue weighted by Gasteiger charge is -2.25. The Hall–Kier alpha value is -2.73.